The molecule has 2 saturated carbocycles. The van der Waals surface area contributed by atoms with E-state index < -0.39 is 5.97 Å². The normalized spacial score (nSPS) is 21.8. The van der Waals surface area contributed by atoms with Crippen molar-refractivity contribution in [3.8, 4) is 16.9 Å². The third kappa shape index (κ3) is 4.78. The van der Waals surface area contributed by atoms with Crippen LogP contribution in [0.25, 0.3) is 22.0 Å². The van der Waals surface area contributed by atoms with Crippen LogP contribution in [0.15, 0.2) is 72.9 Å². The highest BCUT2D eigenvalue weighted by Crippen LogP contribution is 2.58. The van der Waals surface area contributed by atoms with Crippen LogP contribution in [-0.4, -0.2) is 34.2 Å². The first-order valence-corrected chi connectivity index (χ1v) is 13.5. The summed E-state index contributed by atoms with van der Waals surface area (Å²) in [7, 11) is 0. The van der Waals surface area contributed by atoms with Crippen LogP contribution in [-0.2, 0) is 11.3 Å². The molecule has 6 nitrogen and oxygen atoms in total. The van der Waals surface area contributed by atoms with Gasteiger partial charge in [-0.15, -0.1) is 0 Å². The average molecular weight is 527 g/mol. The summed E-state index contributed by atoms with van der Waals surface area (Å²) < 4.78 is 22.2. The average Bonchev–Trinajstić information content (AvgIpc) is 3.30. The van der Waals surface area contributed by atoms with Crippen molar-refractivity contribution in [2.24, 2.45) is 11.3 Å². The minimum atomic E-state index is -0.729. The molecule has 1 amide bonds. The molecule has 0 bridgehead atoms. The number of nitrogens with one attached hydrogen (secondary N) is 1. The molecule has 0 aliphatic heterocycles. The summed E-state index contributed by atoms with van der Waals surface area (Å²) >= 11 is 0. The summed E-state index contributed by atoms with van der Waals surface area (Å²) in [6.07, 6.45) is 4.80. The fourth-order valence-corrected chi connectivity index (χ4v) is 6.38. The lowest BCUT2D eigenvalue weighted by molar-refractivity contribution is -0.155. The van der Waals surface area contributed by atoms with Crippen molar-refractivity contribution in [3.63, 3.8) is 0 Å². The Bertz CT molecular complexity index is 1540. The quantitative estimate of drug-likeness (QED) is 0.284. The highest BCUT2D eigenvalue weighted by atomic mass is 19.1. The predicted molar refractivity (Wildman–Crippen MR) is 147 cm³/mol. The van der Waals surface area contributed by atoms with E-state index in [-0.39, 0.29) is 29.1 Å². The lowest BCUT2D eigenvalue weighted by Gasteiger charge is -2.56. The van der Waals surface area contributed by atoms with Crippen LogP contribution in [0, 0.1) is 17.2 Å². The van der Waals surface area contributed by atoms with Crippen molar-refractivity contribution in [3.05, 3.63) is 89.9 Å². The first-order valence-electron chi connectivity index (χ1n) is 13.5. The number of ether oxygens (including phenoxy) is 1. The van der Waals surface area contributed by atoms with Gasteiger partial charge < -0.3 is 19.7 Å². The van der Waals surface area contributed by atoms with Crippen LogP contribution in [0.5, 0.6) is 5.75 Å². The third-order valence-corrected chi connectivity index (χ3v) is 8.30. The van der Waals surface area contributed by atoms with Gasteiger partial charge in [0.15, 0.2) is 0 Å². The van der Waals surface area contributed by atoms with E-state index in [0.29, 0.717) is 42.5 Å². The summed E-state index contributed by atoms with van der Waals surface area (Å²) in [4.78, 5) is 24.4. The molecule has 0 unspecified atom stereocenters. The second-order valence-corrected chi connectivity index (χ2v) is 11.0. The lowest BCUT2D eigenvalue weighted by Crippen LogP contribution is -2.57. The number of nitrogens with zero attached hydrogens (tertiary/aromatic N) is 1. The van der Waals surface area contributed by atoms with Crippen molar-refractivity contribution in [2.45, 2.75) is 45.2 Å². The van der Waals surface area contributed by atoms with E-state index in [1.54, 1.807) is 12.1 Å². The highest BCUT2D eigenvalue weighted by Gasteiger charge is 2.55. The van der Waals surface area contributed by atoms with Gasteiger partial charge in [0.05, 0.1) is 23.6 Å². The first-order chi connectivity index (χ1) is 18.8. The Labute approximate surface area is 226 Å². The summed E-state index contributed by atoms with van der Waals surface area (Å²) in [6, 6.07) is 20.8. The van der Waals surface area contributed by atoms with E-state index in [9.17, 15) is 14.0 Å². The molecule has 2 aliphatic rings. The molecule has 2 fully saturated rings. The van der Waals surface area contributed by atoms with Crippen molar-refractivity contribution in [1.82, 2.24) is 9.88 Å². The highest BCUT2D eigenvalue weighted by molar-refractivity contribution is 6.06. The van der Waals surface area contributed by atoms with Gasteiger partial charge in [0.2, 0.25) is 0 Å². The van der Waals surface area contributed by atoms with Crippen LogP contribution in [0.3, 0.4) is 0 Å². The number of carboxylic acid groups (broad SMARTS) is 1. The molecule has 1 spiro atoms. The largest absolute Gasteiger partial charge is 0.494 e. The topological polar surface area (TPSA) is 80.6 Å². The van der Waals surface area contributed by atoms with Gasteiger partial charge >= 0.3 is 5.97 Å². The van der Waals surface area contributed by atoms with Gasteiger partial charge in [-0.3, -0.25) is 9.59 Å². The first kappa shape index (κ1) is 25.2. The molecule has 2 N–H and O–H groups in total. The number of hydrogen-bond donors (Lipinski definition) is 2. The molecule has 4 aromatic rings. The van der Waals surface area contributed by atoms with Crippen molar-refractivity contribution in [2.75, 3.05) is 6.61 Å². The molecule has 0 saturated heterocycles. The number of fused-ring (bicyclic) bond motifs is 1. The molecule has 0 radical (unpaired) electrons. The number of benzene rings is 3. The van der Waals surface area contributed by atoms with Crippen LogP contribution in [0.4, 0.5) is 4.39 Å². The zero-order valence-corrected chi connectivity index (χ0v) is 21.8. The molecular weight excluding hydrogens is 495 g/mol. The lowest BCUT2D eigenvalue weighted by atomic mass is 9.50. The molecule has 200 valence electrons. The van der Waals surface area contributed by atoms with Gasteiger partial charge in [0.25, 0.3) is 5.91 Å². The molecule has 39 heavy (non-hydrogen) atoms. The maximum Gasteiger partial charge on any atom is 0.306 e. The van der Waals surface area contributed by atoms with E-state index in [4.69, 9.17) is 9.84 Å². The van der Waals surface area contributed by atoms with E-state index >= 15 is 0 Å². The number of carbonyl (C=O) groups is 2. The molecule has 1 heterocycles. The Balaban J connectivity index is 1.18. The van der Waals surface area contributed by atoms with Gasteiger partial charge in [-0.05, 0) is 85.0 Å². The van der Waals surface area contributed by atoms with Crippen molar-refractivity contribution >= 4 is 22.8 Å². The van der Waals surface area contributed by atoms with E-state index in [1.165, 1.54) is 6.07 Å². The van der Waals surface area contributed by atoms with Crippen LogP contribution in [0.2, 0.25) is 0 Å². The smallest absolute Gasteiger partial charge is 0.306 e. The molecule has 6 rings (SSSR count). The molecule has 0 atom stereocenters. The Morgan fingerprint density at radius 1 is 1.03 bits per heavy atom. The fourth-order valence-electron chi connectivity index (χ4n) is 6.38. The molecule has 3 aromatic carbocycles. The number of carboxylic acids is 1. The maximum absolute atomic E-state index is 14.7. The Kier molecular flexibility index (Phi) is 6.37. The second-order valence-electron chi connectivity index (χ2n) is 11.0. The van der Waals surface area contributed by atoms with Crippen LogP contribution in [0.1, 0.15) is 48.5 Å². The zero-order valence-electron chi connectivity index (χ0n) is 21.8. The number of amides is 1. The monoisotopic (exact) mass is 526 g/mol. The summed E-state index contributed by atoms with van der Waals surface area (Å²) in [5.74, 6) is -0.732. The molecule has 2 aliphatic carbocycles. The molecule has 7 heteroatoms. The summed E-state index contributed by atoms with van der Waals surface area (Å²) in [6.45, 7) is 3.07. The molecule has 1 aromatic heterocycles. The minimum Gasteiger partial charge on any atom is -0.494 e. The standard InChI is InChI=1S/C32H31FN2O4/c1-2-39-25-5-3-4-22(14-25)21-8-6-20(7-9-21)19-35-13-12-26-28(33)11-10-27(29(26)35)30(36)34-24-17-32(18-24)15-23(16-32)31(37)38/h3-14,23-24H,2,15-19H2,1H3,(H,34,36)(H,37,38). The van der Waals surface area contributed by atoms with Gasteiger partial charge in [-0.2, -0.15) is 0 Å². The Morgan fingerprint density at radius 3 is 2.51 bits per heavy atom. The number of halogens is 1. The van der Waals surface area contributed by atoms with E-state index in [0.717, 1.165) is 35.3 Å². The van der Waals surface area contributed by atoms with Crippen LogP contribution >= 0.6 is 0 Å². The maximum atomic E-state index is 14.7. The Hall–Kier alpha value is -4.13. The SMILES string of the molecule is CCOc1cccc(-c2ccc(Cn3ccc4c(F)ccc(C(=O)NC5CC6(C5)CC(C(=O)O)C6)c43)cc2)c1. The van der Waals surface area contributed by atoms with Crippen molar-refractivity contribution in [1.29, 1.82) is 0 Å². The zero-order chi connectivity index (χ0) is 27.1. The number of aromatic nitrogens is 1. The molecular formula is C32H31FN2O4. The number of aliphatic carboxylic acids is 1. The minimum absolute atomic E-state index is 0.0181. The van der Waals surface area contributed by atoms with Gasteiger partial charge in [-0.25, -0.2) is 4.39 Å². The number of rotatable bonds is 8. The summed E-state index contributed by atoms with van der Waals surface area (Å²) in [5, 5.41) is 12.7. The van der Waals surface area contributed by atoms with Gasteiger partial charge in [0, 0.05) is 24.2 Å². The fraction of sp³-hybridized carbons (Fsp3) is 0.312. The van der Waals surface area contributed by atoms with Crippen molar-refractivity contribution < 1.29 is 23.8 Å². The second kappa shape index (κ2) is 9.88. The number of carbonyl (C=O) groups excluding carboxylic acids is 1. The van der Waals surface area contributed by atoms with Gasteiger partial charge in [0.1, 0.15) is 11.6 Å². The van der Waals surface area contributed by atoms with E-state index in [2.05, 4.69) is 17.4 Å². The van der Waals surface area contributed by atoms with Gasteiger partial charge in [-0.1, -0.05) is 36.4 Å². The third-order valence-electron chi connectivity index (χ3n) is 8.30. The van der Waals surface area contributed by atoms with Crippen LogP contribution < -0.4 is 10.1 Å². The van der Waals surface area contributed by atoms with E-state index in [1.807, 2.05) is 54.1 Å². The predicted octanol–water partition coefficient (Wildman–Crippen LogP) is 6.27. The number of hydrogen-bond acceptors (Lipinski definition) is 3. The Morgan fingerprint density at radius 2 is 1.79 bits per heavy atom. The summed E-state index contributed by atoms with van der Waals surface area (Å²) in [5.41, 5.74) is 4.26.